The van der Waals surface area contributed by atoms with Crippen molar-refractivity contribution in [1.29, 1.82) is 0 Å². The summed E-state index contributed by atoms with van der Waals surface area (Å²) in [7, 11) is 3.08. The largest absolute Gasteiger partial charge is 0.497 e. The molecule has 1 aliphatic rings. The lowest BCUT2D eigenvalue weighted by Gasteiger charge is -2.26. The van der Waals surface area contributed by atoms with Crippen molar-refractivity contribution in [3.63, 3.8) is 0 Å². The van der Waals surface area contributed by atoms with Crippen LogP contribution >= 0.6 is 0 Å². The van der Waals surface area contributed by atoms with Crippen LogP contribution in [-0.4, -0.2) is 32.6 Å². The summed E-state index contributed by atoms with van der Waals surface area (Å²) in [5, 5.41) is 2.90. The highest BCUT2D eigenvalue weighted by atomic mass is 16.5. The van der Waals surface area contributed by atoms with Crippen LogP contribution in [0.25, 0.3) is 0 Å². The molecule has 0 spiro atoms. The molecule has 1 heterocycles. The lowest BCUT2D eigenvalue weighted by Crippen LogP contribution is -2.38. The van der Waals surface area contributed by atoms with Gasteiger partial charge in [-0.25, -0.2) is 0 Å². The predicted octanol–water partition coefficient (Wildman–Crippen LogP) is 3.89. The fourth-order valence-corrected chi connectivity index (χ4v) is 3.21. The van der Waals surface area contributed by atoms with Crippen LogP contribution in [0.5, 0.6) is 11.5 Å². The van der Waals surface area contributed by atoms with Gasteiger partial charge in [-0.15, -0.1) is 0 Å². The molecule has 0 bridgehead atoms. The van der Waals surface area contributed by atoms with Crippen molar-refractivity contribution in [2.24, 2.45) is 5.41 Å². The van der Waals surface area contributed by atoms with Crippen molar-refractivity contribution in [1.82, 2.24) is 0 Å². The van der Waals surface area contributed by atoms with Crippen molar-refractivity contribution >= 4 is 23.2 Å². The second-order valence-corrected chi connectivity index (χ2v) is 7.86. The van der Waals surface area contributed by atoms with Crippen molar-refractivity contribution in [3.05, 3.63) is 47.5 Å². The first-order chi connectivity index (χ1) is 13.2. The molecule has 0 aliphatic carbocycles. The maximum atomic E-state index is 12.7. The minimum atomic E-state index is -0.460. The predicted molar refractivity (Wildman–Crippen MR) is 109 cm³/mol. The first-order valence-electron chi connectivity index (χ1n) is 9.22. The Morgan fingerprint density at radius 1 is 1.00 bits per heavy atom. The summed E-state index contributed by atoms with van der Waals surface area (Å²) in [6.07, 6.45) is 0.818. The van der Waals surface area contributed by atoms with Gasteiger partial charge < -0.3 is 19.7 Å². The number of fused-ring (bicyclic) bond motifs is 1. The number of nitrogens with zero attached hydrogens (tertiary/aromatic N) is 1. The van der Waals surface area contributed by atoms with Crippen LogP contribution in [0.3, 0.4) is 0 Å². The van der Waals surface area contributed by atoms with Gasteiger partial charge in [0.2, 0.25) is 5.91 Å². The van der Waals surface area contributed by atoms with Crippen LogP contribution in [0.4, 0.5) is 11.4 Å². The Hall–Kier alpha value is -3.02. The molecule has 0 aromatic heterocycles. The van der Waals surface area contributed by atoms with E-state index in [0.717, 1.165) is 17.7 Å². The molecule has 3 rings (SSSR count). The van der Waals surface area contributed by atoms with Gasteiger partial charge >= 0.3 is 0 Å². The van der Waals surface area contributed by atoms with Gasteiger partial charge in [0.05, 0.1) is 14.2 Å². The SMILES string of the molecule is COc1cc(OC)cc(C(=O)Nc2ccc3c(c2)N(C(=O)C(C)(C)C)CC3)c1. The third-order valence-corrected chi connectivity index (χ3v) is 4.74. The van der Waals surface area contributed by atoms with E-state index in [2.05, 4.69) is 5.32 Å². The van der Waals surface area contributed by atoms with Crippen LogP contribution in [-0.2, 0) is 11.2 Å². The normalized spacial score (nSPS) is 13.1. The van der Waals surface area contributed by atoms with Crippen LogP contribution in [0.15, 0.2) is 36.4 Å². The van der Waals surface area contributed by atoms with E-state index >= 15 is 0 Å². The zero-order valence-corrected chi connectivity index (χ0v) is 17.0. The van der Waals surface area contributed by atoms with Gasteiger partial charge in [-0.3, -0.25) is 9.59 Å². The van der Waals surface area contributed by atoms with E-state index in [4.69, 9.17) is 9.47 Å². The molecule has 0 fully saturated rings. The summed E-state index contributed by atoms with van der Waals surface area (Å²) in [6, 6.07) is 10.7. The van der Waals surface area contributed by atoms with Gasteiger partial charge in [-0.1, -0.05) is 26.8 Å². The van der Waals surface area contributed by atoms with E-state index in [1.165, 1.54) is 14.2 Å². The summed E-state index contributed by atoms with van der Waals surface area (Å²) in [5.41, 5.74) is 2.58. The number of anilines is 2. The Kier molecular flexibility index (Phi) is 5.31. The molecule has 148 valence electrons. The minimum absolute atomic E-state index is 0.0762. The number of benzene rings is 2. The third kappa shape index (κ3) is 3.96. The molecule has 2 aromatic rings. The fraction of sp³-hybridized carbons (Fsp3) is 0.364. The summed E-state index contributed by atoms with van der Waals surface area (Å²) in [5.74, 6) is 0.886. The summed E-state index contributed by atoms with van der Waals surface area (Å²) < 4.78 is 10.5. The summed E-state index contributed by atoms with van der Waals surface area (Å²) >= 11 is 0. The average molecular weight is 382 g/mol. The number of ether oxygens (including phenoxy) is 2. The van der Waals surface area contributed by atoms with E-state index in [-0.39, 0.29) is 11.8 Å². The van der Waals surface area contributed by atoms with Crippen molar-refractivity contribution < 1.29 is 19.1 Å². The molecular weight excluding hydrogens is 356 g/mol. The third-order valence-electron chi connectivity index (χ3n) is 4.74. The lowest BCUT2D eigenvalue weighted by atomic mass is 9.94. The molecule has 0 radical (unpaired) electrons. The van der Waals surface area contributed by atoms with Gasteiger partial charge in [0.15, 0.2) is 0 Å². The second kappa shape index (κ2) is 7.54. The molecule has 0 unspecified atom stereocenters. The second-order valence-electron chi connectivity index (χ2n) is 7.86. The topological polar surface area (TPSA) is 67.9 Å². The molecular formula is C22H26N2O4. The zero-order chi connectivity index (χ0) is 20.5. The lowest BCUT2D eigenvalue weighted by molar-refractivity contribution is -0.125. The molecule has 2 amide bonds. The number of rotatable bonds is 4. The van der Waals surface area contributed by atoms with E-state index < -0.39 is 5.41 Å². The van der Waals surface area contributed by atoms with Gasteiger partial charge in [0, 0.05) is 35.0 Å². The summed E-state index contributed by atoms with van der Waals surface area (Å²) in [6.45, 7) is 6.40. The fourth-order valence-electron chi connectivity index (χ4n) is 3.21. The molecule has 6 heteroatoms. The van der Waals surface area contributed by atoms with Gasteiger partial charge in [-0.05, 0) is 36.2 Å². The number of carbonyl (C=O) groups is 2. The monoisotopic (exact) mass is 382 g/mol. The highest BCUT2D eigenvalue weighted by molar-refractivity contribution is 6.06. The highest BCUT2D eigenvalue weighted by Crippen LogP contribution is 2.34. The van der Waals surface area contributed by atoms with Crippen molar-refractivity contribution in [2.75, 3.05) is 31.0 Å². The Morgan fingerprint density at radius 2 is 1.64 bits per heavy atom. The highest BCUT2D eigenvalue weighted by Gasteiger charge is 2.32. The average Bonchev–Trinajstić information content (AvgIpc) is 3.09. The minimum Gasteiger partial charge on any atom is -0.497 e. The number of methoxy groups -OCH3 is 2. The molecule has 1 N–H and O–H groups in total. The number of hydrogen-bond acceptors (Lipinski definition) is 4. The molecule has 0 saturated carbocycles. The Morgan fingerprint density at radius 3 is 2.21 bits per heavy atom. The van der Waals surface area contributed by atoms with E-state index in [0.29, 0.717) is 29.3 Å². The number of carbonyl (C=O) groups excluding carboxylic acids is 2. The standard InChI is InChI=1S/C22H26N2O4/c1-22(2,3)21(26)24-9-8-14-6-7-16(12-19(14)24)23-20(25)15-10-17(27-4)13-18(11-15)28-5/h6-7,10-13H,8-9H2,1-5H3,(H,23,25). The Balaban J connectivity index is 1.85. The number of nitrogens with one attached hydrogen (secondary N) is 1. The van der Waals surface area contributed by atoms with E-state index in [1.807, 2.05) is 39.0 Å². The molecule has 0 atom stereocenters. The Bertz CT molecular complexity index is 893. The maximum Gasteiger partial charge on any atom is 0.255 e. The maximum absolute atomic E-state index is 12.7. The van der Waals surface area contributed by atoms with Gasteiger partial charge in [-0.2, -0.15) is 0 Å². The van der Waals surface area contributed by atoms with E-state index in [9.17, 15) is 9.59 Å². The molecule has 6 nitrogen and oxygen atoms in total. The van der Waals surface area contributed by atoms with Crippen molar-refractivity contribution in [3.8, 4) is 11.5 Å². The quantitative estimate of drug-likeness (QED) is 0.871. The first kappa shape index (κ1) is 19.7. The van der Waals surface area contributed by atoms with Crippen LogP contribution in [0.1, 0.15) is 36.7 Å². The van der Waals surface area contributed by atoms with Crippen molar-refractivity contribution in [2.45, 2.75) is 27.2 Å². The van der Waals surface area contributed by atoms with Crippen LogP contribution in [0.2, 0.25) is 0 Å². The molecule has 1 aliphatic heterocycles. The molecule has 2 aromatic carbocycles. The van der Waals surface area contributed by atoms with Gasteiger partial charge in [0.1, 0.15) is 11.5 Å². The Labute approximate surface area is 165 Å². The smallest absolute Gasteiger partial charge is 0.255 e. The van der Waals surface area contributed by atoms with Gasteiger partial charge in [0.25, 0.3) is 5.91 Å². The number of amides is 2. The first-order valence-corrected chi connectivity index (χ1v) is 9.22. The molecule has 0 saturated heterocycles. The number of hydrogen-bond donors (Lipinski definition) is 1. The zero-order valence-electron chi connectivity index (χ0n) is 17.0. The molecule has 28 heavy (non-hydrogen) atoms. The van der Waals surface area contributed by atoms with Crippen LogP contribution in [0, 0.1) is 5.41 Å². The van der Waals surface area contributed by atoms with E-state index in [1.54, 1.807) is 23.1 Å². The summed E-state index contributed by atoms with van der Waals surface area (Å²) in [4.78, 5) is 27.3. The van der Waals surface area contributed by atoms with Crippen LogP contribution < -0.4 is 19.7 Å².